The van der Waals surface area contributed by atoms with E-state index in [9.17, 15) is 4.79 Å². The Kier molecular flexibility index (Phi) is 3.95. The summed E-state index contributed by atoms with van der Waals surface area (Å²) in [5.74, 6) is 0.137. The number of aromatic nitrogens is 4. The van der Waals surface area contributed by atoms with Crippen LogP contribution in [0.15, 0.2) is 24.3 Å². The summed E-state index contributed by atoms with van der Waals surface area (Å²) < 4.78 is 1.53. The van der Waals surface area contributed by atoms with Crippen molar-refractivity contribution >= 4 is 33.8 Å². The molecule has 2 aromatic heterocycles. The van der Waals surface area contributed by atoms with E-state index in [4.69, 9.17) is 11.6 Å². The van der Waals surface area contributed by atoms with E-state index in [0.29, 0.717) is 23.1 Å². The molecule has 0 unspecified atom stereocenters. The van der Waals surface area contributed by atoms with Gasteiger partial charge in [-0.2, -0.15) is 9.61 Å². The van der Waals surface area contributed by atoms with Gasteiger partial charge in [-0.25, -0.2) is 0 Å². The molecule has 3 aromatic rings. The van der Waals surface area contributed by atoms with E-state index in [1.54, 1.807) is 4.90 Å². The number of nitrogens with zero attached hydrogens (tertiary/aromatic N) is 6. The molecule has 0 saturated carbocycles. The van der Waals surface area contributed by atoms with Gasteiger partial charge in [-0.3, -0.25) is 4.79 Å². The summed E-state index contributed by atoms with van der Waals surface area (Å²) in [6.45, 7) is 3.10. The third-order valence-corrected chi connectivity index (χ3v) is 5.23. The number of hydrogen-bond acceptors (Lipinski definition) is 6. The highest BCUT2D eigenvalue weighted by molar-refractivity contribution is 7.19. The molecule has 0 N–H and O–H groups in total. The molecule has 0 bridgehead atoms. The van der Waals surface area contributed by atoms with Crippen LogP contribution in [0.3, 0.4) is 0 Å². The van der Waals surface area contributed by atoms with Crippen LogP contribution in [0.4, 0.5) is 0 Å². The molecule has 1 aliphatic rings. The molecule has 9 heteroatoms. The smallest absolute Gasteiger partial charge is 0.293 e. The first kappa shape index (κ1) is 15.5. The molecule has 1 fully saturated rings. The van der Waals surface area contributed by atoms with Crippen molar-refractivity contribution in [3.05, 3.63) is 35.1 Å². The molecular weight excluding hydrogens is 348 g/mol. The summed E-state index contributed by atoms with van der Waals surface area (Å²) in [5.41, 5.74) is 0.899. The Hall–Kier alpha value is -2.03. The van der Waals surface area contributed by atoms with Gasteiger partial charge in [-0.05, 0) is 19.2 Å². The minimum Gasteiger partial charge on any atom is -0.333 e. The third kappa shape index (κ3) is 2.77. The second kappa shape index (κ2) is 6.12. The first-order chi connectivity index (χ1) is 11.6. The number of carbonyl (C=O) groups is 1. The lowest BCUT2D eigenvalue weighted by molar-refractivity contribution is 0.0649. The number of fused-ring (bicyclic) bond motifs is 1. The van der Waals surface area contributed by atoms with Crippen LogP contribution >= 0.6 is 22.9 Å². The summed E-state index contributed by atoms with van der Waals surface area (Å²) in [4.78, 5) is 17.3. The highest BCUT2D eigenvalue weighted by atomic mass is 35.5. The van der Waals surface area contributed by atoms with Gasteiger partial charge in [0.15, 0.2) is 0 Å². The van der Waals surface area contributed by atoms with Crippen LogP contribution in [0, 0.1) is 0 Å². The number of carbonyl (C=O) groups excluding carboxylic acids is 1. The summed E-state index contributed by atoms with van der Waals surface area (Å²) in [5, 5.41) is 14.0. The number of halogens is 1. The number of benzene rings is 1. The van der Waals surface area contributed by atoms with Crippen molar-refractivity contribution in [2.45, 2.75) is 0 Å². The van der Waals surface area contributed by atoms with Crippen molar-refractivity contribution in [1.29, 1.82) is 0 Å². The molecule has 124 valence electrons. The Morgan fingerprint density at radius 3 is 2.75 bits per heavy atom. The number of likely N-dealkylation sites (N-methyl/N-ethyl adjacent to an activating group) is 1. The molecule has 0 spiro atoms. The molecule has 0 aliphatic carbocycles. The normalized spacial score (nSPS) is 16.0. The van der Waals surface area contributed by atoms with Crippen LogP contribution in [-0.4, -0.2) is 68.7 Å². The molecule has 4 rings (SSSR count). The molecule has 24 heavy (non-hydrogen) atoms. The van der Waals surface area contributed by atoms with E-state index in [0.717, 1.165) is 23.7 Å². The topological polar surface area (TPSA) is 66.6 Å². The molecule has 0 atom stereocenters. The molecule has 1 amide bonds. The highest BCUT2D eigenvalue weighted by Crippen LogP contribution is 2.27. The van der Waals surface area contributed by atoms with Crippen molar-refractivity contribution in [3.8, 4) is 10.6 Å². The van der Waals surface area contributed by atoms with E-state index in [1.807, 2.05) is 24.3 Å². The second-order valence-corrected chi connectivity index (χ2v) is 7.12. The number of rotatable bonds is 2. The van der Waals surface area contributed by atoms with E-state index >= 15 is 0 Å². The average molecular weight is 363 g/mol. The molecule has 1 aromatic carbocycles. The summed E-state index contributed by atoms with van der Waals surface area (Å²) in [7, 11) is 2.05. The Labute approximate surface area is 147 Å². The number of hydrogen-bond donors (Lipinski definition) is 0. The molecule has 1 saturated heterocycles. The van der Waals surface area contributed by atoms with Gasteiger partial charge in [-0.1, -0.05) is 35.1 Å². The Morgan fingerprint density at radius 2 is 2.00 bits per heavy atom. The van der Waals surface area contributed by atoms with E-state index in [1.165, 1.54) is 15.9 Å². The van der Waals surface area contributed by atoms with Gasteiger partial charge in [0.05, 0.1) is 0 Å². The van der Waals surface area contributed by atoms with E-state index in [-0.39, 0.29) is 11.7 Å². The Balaban J connectivity index is 1.66. The minimum absolute atomic E-state index is 0.126. The van der Waals surface area contributed by atoms with Crippen molar-refractivity contribution in [3.63, 3.8) is 0 Å². The quantitative estimate of drug-likeness (QED) is 0.696. The van der Waals surface area contributed by atoms with Crippen LogP contribution in [0.1, 0.15) is 10.6 Å². The maximum absolute atomic E-state index is 12.7. The van der Waals surface area contributed by atoms with Gasteiger partial charge in [0.25, 0.3) is 5.91 Å². The zero-order valence-electron chi connectivity index (χ0n) is 13.0. The number of amides is 1. The summed E-state index contributed by atoms with van der Waals surface area (Å²) in [6, 6.07) is 7.46. The highest BCUT2D eigenvalue weighted by Gasteiger charge is 2.26. The predicted octanol–water partition coefficient (Wildman–Crippen LogP) is 1.89. The minimum atomic E-state index is -0.126. The second-order valence-electron chi connectivity index (χ2n) is 5.73. The molecule has 1 aliphatic heterocycles. The first-order valence-electron chi connectivity index (χ1n) is 7.58. The monoisotopic (exact) mass is 362 g/mol. The van der Waals surface area contributed by atoms with Gasteiger partial charge in [-0.15, -0.1) is 10.2 Å². The van der Waals surface area contributed by atoms with Crippen LogP contribution in [0.25, 0.3) is 15.5 Å². The fraction of sp³-hybridized carbons (Fsp3) is 0.333. The third-order valence-electron chi connectivity index (χ3n) is 4.04. The Morgan fingerprint density at radius 1 is 1.21 bits per heavy atom. The summed E-state index contributed by atoms with van der Waals surface area (Å²) in [6.07, 6.45) is 0. The van der Waals surface area contributed by atoms with Gasteiger partial charge in [0.2, 0.25) is 10.8 Å². The maximum Gasteiger partial charge on any atom is 0.293 e. The van der Waals surface area contributed by atoms with Gasteiger partial charge in [0, 0.05) is 36.8 Å². The molecular formula is C15H15ClN6OS. The van der Waals surface area contributed by atoms with Crippen molar-refractivity contribution < 1.29 is 4.79 Å². The zero-order valence-corrected chi connectivity index (χ0v) is 14.6. The lowest BCUT2D eigenvalue weighted by Crippen LogP contribution is -2.47. The van der Waals surface area contributed by atoms with E-state index < -0.39 is 0 Å². The van der Waals surface area contributed by atoms with Crippen LogP contribution in [0.5, 0.6) is 0 Å². The molecule has 3 heterocycles. The fourth-order valence-electron chi connectivity index (χ4n) is 2.64. The molecule has 7 nitrogen and oxygen atoms in total. The SMILES string of the molecule is CN1CCN(C(=O)c2nnc3sc(-c4cccc(Cl)c4)nn23)CC1. The summed E-state index contributed by atoms with van der Waals surface area (Å²) >= 11 is 7.42. The zero-order chi connectivity index (χ0) is 16.7. The largest absolute Gasteiger partial charge is 0.333 e. The van der Waals surface area contributed by atoms with E-state index in [2.05, 4.69) is 27.2 Å². The Bertz CT molecular complexity index is 898. The first-order valence-corrected chi connectivity index (χ1v) is 8.77. The van der Waals surface area contributed by atoms with Crippen LogP contribution in [0.2, 0.25) is 5.02 Å². The lowest BCUT2D eigenvalue weighted by Gasteiger charge is -2.31. The fourth-order valence-corrected chi connectivity index (χ4v) is 3.67. The lowest BCUT2D eigenvalue weighted by atomic mass is 10.2. The van der Waals surface area contributed by atoms with Gasteiger partial charge in [0.1, 0.15) is 5.01 Å². The van der Waals surface area contributed by atoms with Crippen molar-refractivity contribution in [1.82, 2.24) is 29.6 Å². The number of piperazine rings is 1. The standard InChI is InChI=1S/C15H15ClN6OS/c1-20-5-7-21(8-6-20)14(23)12-17-18-15-22(12)19-13(24-15)10-3-2-4-11(16)9-10/h2-4,9H,5-8H2,1H3. The maximum atomic E-state index is 12.7. The van der Waals surface area contributed by atoms with Crippen molar-refractivity contribution in [2.24, 2.45) is 0 Å². The van der Waals surface area contributed by atoms with Gasteiger partial charge >= 0.3 is 0 Å². The van der Waals surface area contributed by atoms with Crippen LogP contribution < -0.4 is 0 Å². The predicted molar refractivity (Wildman–Crippen MR) is 92.5 cm³/mol. The molecule has 0 radical (unpaired) electrons. The van der Waals surface area contributed by atoms with Gasteiger partial charge < -0.3 is 9.80 Å². The van der Waals surface area contributed by atoms with Crippen LogP contribution in [-0.2, 0) is 0 Å². The van der Waals surface area contributed by atoms with Crippen molar-refractivity contribution in [2.75, 3.05) is 33.2 Å². The average Bonchev–Trinajstić information content (AvgIpc) is 3.15.